The zero-order chi connectivity index (χ0) is 15.1. The van der Waals surface area contributed by atoms with Gasteiger partial charge in [-0.2, -0.15) is 0 Å². The van der Waals surface area contributed by atoms with E-state index in [9.17, 15) is 4.79 Å². The molecule has 0 spiro atoms. The normalized spacial score (nSPS) is 14.7. The molecule has 0 fully saturated rings. The summed E-state index contributed by atoms with van der Waals surface area (Å²) in [6, 6.07) is 0. The zero-order valence-electron chi connectivity index (χ0n) is 12.6. The van der Waals surface area contributed by atoms with Crippen LogP contribution in [0.5, 0.6) is 0 Å². The maximum Gasteiger partial charge on any atom is 0.237 e. The van der Waals surface area contributed by atoms with Crippen molar-refractivity contribution in [2.24, 2.45) is 0 Å². The maximum atomic E-state index is 12.4. The fourth-order valence-electron chi connectivity index (χ4n) is 2.30. The van der Waals surface area contributed by atoms with E-state index >= 15 is 0 Å². The van der Waals surface area contributed by atoms with Crippen LogP contribution in [0.2, 0.25) is 0 Å². The van der Waals surface area contributed by atoms with Crippen LogP contribution >= 0.6 is 23.1 Å². The Hall–Kier alpha value is -1.08. The monoisotopic (exact) mass is 326 g/mol. The number of rotatable bonds is 7. The number of thioether (sulfide) groups is 1. The number of anilines is 1. The smallest absolute Gasteiger partial charge is 0.237 e. The Morgan fingerprint density at radius 3 is 2.95 bits per heavy atom. The van der Waals surface area contributed by atoms with Crippen molar-refractivity contribution in [2.45, 2.75) is 43.9 Å². The van der Waals surface area contributed by atoms with Crippen molar-refractivity contribution in [3.63, 3.8) is 0 Å². The minimum Gasteiger partial charge on any atom is -0.360 e. The Morgan fingerprint density at radius 2 is 2.29 bits per heavy atom. The second-order valence-electron chi connectivity index (χ2n) is 4.77. The van der Waals surface area contributed by atoms with Crippen LogP contribution in [0, 0.1) is 0 Å². The van der Waals surface area contributed by atoms with Gasteiger partial charge in [0.2, 0.25) is 11.0 Å². The first kappa shape index (κ1) is 16.3. The van der Waals surface area contributed by atoms with E-state index in [0.717, 1.165) is 35.4 Å². The lowest BCUT2D eigenvalue weighted by Gasteiger charge is -2.26. The molecule has 0 aliphatic heterocycles. The van der Waals surface area contributed by atoms with Gasteiger partial charge in [-0.05, 0) is 39.5 Å². The van der Waals surface area contributed by atoms with Gasteiger partial charge in [-0.15, -0.1) is 10.2 Å². The van der Waals surface area contributed by atoms with Gasteiger partial charge in [0.1, 0.15) is 0 Å². The van der Waals surface area contributed by atoms with Gasteiger partial charge in [-0.3, -0.25) is 4.79 Å². The fraction of sp³-hybridized carbons (Fsp3) is 0.643. The lowest BCUT2D eigenvalue weighted by molar-refractivity contribution is -0.126. The number of amides is 1. The van der Waals surface area contributed by atoms with Gasteiger partial charge < -0.3 is 10.2 Å². The van der Waals surface area contributed by atoms with Crippen LogP contribution in [-0.2, 0) is 4.79 Å². The molecular weight excluding hydrogens is 304 g/mol. The SMILES string of the molecule is CCNc1nnc(SCC(=O)N(CC)C2=CCCCC2)s1. The summed E-state index contributed by atoms with van der Waals surface area (Å²) in [6.45, 7) is 5.63. The van der Waals surface area contributed by atoms with Gasteiger partial charge in [0.25, 0.3) is 0 Å². The van der Waals surface area contributed by atoms with Crippen molar-refractivity contribution in [1.82, 2.24) is 15.1 Å². The Bertz CT molecular complexity index is 501. The van der Waals surface area contributed by atoms with Gasteiger partial charge in [0, 0.05) is 18.8 Å². The molecule has 0 aromatic carbocycles. The van der Waals surface area contributed by atoms with Crippen molar-refractivity contribution in [2.75, 3.05) is 24.2 Å². The lowest BCUT2D eigenvalue weighted by Crippen LogP contribution is -2.32. The molecule has 1 heterocycles. The second kappa shape index (κ2) is 8.38. The standard InChI is InChI=1S/C14H22N4OS2/c1-3-15-13-16-17-14(21-13)20-10-12(19)18(4-2)11-8-6-5-7-9-11/h8H,3-7,9-10H2,1-2H3,(H,15,16). The number of hydrogen-bond donors (Lipinski definition) is 1. The number of aromatic nitrogens is 2. The number of carbonyl (C=O) groups is 1. The highest BCUT2D eigenvalue weighted by molar-refractivity contribution is 8.01. The molecule has 1 aliphatic rings. The minimum atomic E-state index is 0.163. The third kappa shape index (κ3) is 4.71. The Kier molecular flexibility index (Phi) is 6.50. The zero-order valence-corrected chi connectivity index (χ0v) is 14.2. The van der Waals surface area contributed by atoms with Crippen molar-refractivity contribution in [1.29, 1.82) is 0 Å². The molecule has 1 N–H and O–H groups in total. The van der Waals surface area contributed by atoms with E-state index in [0.29, 0.717) is 5.75 Å². The molecule has 0 saturated heterocycles. The third-order valence-corrected chi connectivity index (χ3v) is 5.28. The van der Waals surface area contributed by atoms with Crippen LogP contribution in [0.15, 0.2) is 16.1 Å². The molecule has 5 nitrogen and oxygen atoms in total. The first-order valence-corrected chi connectivity index (χ1v) is 9.24. The van der Waals surface area contributed by atoms with E-state index in [1.54, 1.807) is 0 Å². The molecule has 0 atom stereocenters. The fourth-order valence-corrected chi connectivity index (χ4v) is 3.99. The van der Waals surface area contributed by atoms with E-state index in [-0.39, 0.29) is 5.91 Å². The second-order valence-corrected chi connectivity index (χ2v) is 6.97. The molecule has 1 aromatic heterocycles. The number of nitrogens with zero attached hydrogens (tertiary/aromatic N) is 3. The molecule has 1 aliphatic carbocycles. The molecule has 0 unspecified atom stereocenters. The van der Waals surface area contributed by atoms with Crippen LogP contribution in [0.1, 0.15) is 39.5 Å². The van der Waals surface area contributed by atoms with Gasteiger partial charge >= 0.3 is 0 Å². The molecule has 0 radical (unpaired) electrons. The molecule has 21 heavy (non-hydrogen) atoms. The summed E-state index contributed by atoms with van der Waals surface area (Å²) < 4.78 is 0.841. The summed E-state index contributed by atoms with van der Waals surface area (Å²) in [5.74, 6) is 0.585. The van der Waals surface area contributed by atoms with Gasteiger partial charge in [-0.25, -0.2) is 0 Å². The van der Waals surface area contributed by atoms with Crippen molar-refractivity contribution < 1.29 is 4.79 Å². The van der Waals surface area contributed by atoms with E-state index < -0.39 is 0 Å². The molecule has 0 bridgehead atoms. The average molecular weight is 326 g/mol. The first-order valence-electron chi connectivity index (χ1n) is 7.44. The van der Waals surface area contributed by atoms with Crippen molar-refractivity contribution in [3.05, 3.63) is 11.8 Å². The van der Waals surface area contributed by atoms with E-state index in [2.05, 4.69) is 21.6 Å². The van der Waals surface area contributed by atoms with Crippen molar-refractivity contribution in [3.8, 4) is 0 Å². The summed E-state index contributed by atoms with van der Waals surface area (Å²) in [5, 5.41) is 12.1. The number of carbonyl (C=O) groups excluding carboxylic acids is 1. The highest BCUT2D eigenvalue weighted by atomic mass is 32.2. The molecule has 7 heteroatoms. The number of nitrogens with one attached hydrogen (secondary N) is 1. The third-order valence-electron chi connectivity index (χ3n) is 3.28. The summed E-state index contributed by atoms with van der Waals surface area (Å²) in [5.41, 5.74) is 1.19. The largest absolute Gasteiger partial charge is 0.360 e. The van der Waals surface area contributed by atoms with E-state index in [1.807, 2.05) is 18.7 Å². The highest BCUT2D eigenvalue weighted by Gasteiger charge is 2.18. The molecule has 2 rings (SSSR count). The van der Waals surface area contributed by atoms with Crippen LogP contribution in [-0.4, -0.2) is 39.8 Å². The topological polar surface area (TPSA) is 58.1 Å². The van der Waals surface area contributed by atoms with Crippen LogP contribution in [0.3, 0.4) is 0 Å². The lowest BCUT2D eigenvalue weighted by atomic mass is 10.0. The Morgan fingerprint density at radius 1 is 1.43 bits per heavy atom. The molecule has 0 saturated carbocycles. The number of allylic oxidation sites excluding steroid dienone is 2. The van der Waals surface area contributed by atoms with Gasteiger partial charge in [-0.1, -0.05) is 29.2 Å². The summed E-state index contributed by atoms with van der Waals surface area (Å²) >= 11 is 2.97. The summed E-state index contributed by atoms with van der Waals surface area (Å²) in [7, 11) is 0. The summed E-state index contributed by atoms with van der Waals surface area (Å²) in [6.07, 6.45) is 6.75. The predicted octanol–water partition coefficient (Wildman–Crippen LogP) is 3.37. The minimum absolute atomic E-state index is 0.163. The van der Waals surface area contributed by atoms with Crippen LogP contribution < -0.4 is 5.32 Å². The molecular formula is C14H22N4OS2. The predicted molar refractivity (Wildman–Crippen MR) is 88.7 cm³/mol. The van der Waals surface area contributed by atoms with Crippen LogP contribution in [0.4, 0.5) is 5.13 Å². The van der Waals surface area contributed by atoms with Gasteiger partial charge in [0.15, 0.2) is 4.34 Å². The van der Waals surface area contributed by atoms with Crippen LogP contribution in [0.25, 0.3) is 0 Å². The van der Waals surface area contributed by atoms with E-state index in [4.69, 9.17) is 0 Å². The molecule has 116 valence electrons. The highest BCUT2D eigenvalue weighted by Crippen LogP contribution is 2.27. The molecule has 1 amide bonds. The quantitative estimate of drug-likeness (QED) is 0.779. The maximum absolute atomic E-state index is 12.4. The summed E-state index contributed by atoms with van der Waals surface area (Å²) in [4.78, 5) is 14.3. The van der Waals surface area contributed by atoms with Crippen molar-refractivity contribution >= 4 is 34.1 Å². The first-order chi connectivity index (χ1) is 10.2. The average Bonchev–Trinajstić information content (AvgIpc) is 2.95. The van der Waals surface area contributed by atoms with Gasteiger partial charge in [0.05, 0.1) is 5.75 Å². The van der Waals surface area contributed by atoms with E-state index in [1.165, 1.54) is 41.6 Å². The Balaban J connectivity index is 1.88. The molecule has 1 aromatic rings. The Labute approximate surface area is 134 Å². The number of hydrogen-bond acceptors (Lipinski definition) is 6.